The molecule has 0 bridgehead atoms. The van der Waals surface area contributed by atoms with Crippen molar-refractivity contribution in [3.63, 3.8) is 0 Å². The van der Waals surface area contributed by atoms with E-state index in [0.717, 1.165) is 37.6 Å². The highest BCUT2D eigenvalue weighted by Crippen LogP contribution is 2.33. The molecule has 2 heteroatoms. The third-order valence-corrected chi connectivity index (χ3v) is 4.04. The lowest BCUT2D eigenvalue weighted by molar-refractivity contribution is 0.0587. The van der Waals surface area contributed by atoms with E-state index in [1.165, 1.54) is 38.5 Å². The van der Waals surface area contributed by atoms with E-state index in [1.54, 1.807) is 0 Å². The molecule has 2 atom stereocenters. The Labute approximate surface area is 93.8 Å². The molecule has 0 spiro atoms. The second-order valence-electron chi connectivity index (χ2n) is 5.23. The summed E-state index contributed by atoms with van der Waals surface area (Å²) in [6, 6.07) is 0.819. The van der Waals surface area contributed by atoms with Gasteiger partial charge in [0.05, 0.1) is 0 Å². The Morgan fingerprint density at radius 1 is 1.07 bits per heavy atom. The maximum absolute atomic E-state index is 5.41. The lowest BCUT2D eigenvalue weighted by atomic mass is 9.88. The summed E-state index contributed by atoms with van der Waals surface area (Å²) in [6.45, 7) is 5.36. The van der Waals surface area contributed by atoms with Crippen LogP contribution in [0, 0.1) is 11.8 Å². The van der Waals surface area contributed by atoms with Crippen LogP contribution in [0.25, 0.3) is 0 Å². The van der Waals surface area contributed by atoms with Crippen LogP contribution in [0.4, 0.5) is 0 Å². The summed E-state index contributed by atoms with van der Waals surface area (Å²) in [6.07, 6.45) is 8.36. The van der Waals surface area contributed by atoms with Crippen molar-refractivity contribution in [3.8, 4) is 0 Å². The Morgan fingerprint density at radius 2 is 1.87 bits per heavy atom. The highest BCUT2D eigenvalue weighted by molar-refractivity contribution is 4.82. The SMILES string of the molecule is CCNC1CCC(CC2CCOCC2)C1. The minimum atomic E-state index is 0.819. The van der Waals surface area contributed by atoms with E-state index in [-0.39, 0.29) is 0 Å². The predicted molar refractivity (Wildman–Crippen MR) is 63.0 cm³/mol. The van der Waals surface area contributed by atoms with E-state index in [1.807, 2.05) is 0 Å². The van der Waals surface area contributed by atoms with Crippen molar-refractivity contribution < 1.29 is 4.74 Å². The van der Waals surface area contributed by atoms with Crippen LogP contribution in [0.15, 0.2) is 0 Å². The Balaban J connectivity index is 1.67. The molecule has 1 aliphatic heterocycles. The summed E-state index contributed by atoms with van der Waals surface area (Å²) in [4.78, 5) is 0. The molecule has 88 valence electrons. The zero-order chi connectivity index (χ0) is 10.5. The molecule has 2 unspecified atom stereocenters. The van der Waals surface area contributed by atoms with Crippen LogP contribution >= 0.6 is 0 Å². The number of ether oxygens (including phenoxy) is 1. The summed E-state index contributed by atoms with van der Waals surface area (Å²) in [5.74, 6) is 1.96. The number of rotatable bonds is 4. The van der Waals surface area contributed by atoms with Crippen molar-refractivity contribution in [1.29, 1.82) is 0 Å². The molecule has 2 aliphatic rings. The molecule has 2 nitrogen and oxygen atoms in total. The van der Waals surface area contributed by atoms with E-state index in [0.29, 0.717) is 0 Å². The third kappa shape index (κ3) is 3.46. The van der Waals surface area contributed by atoms with Crippen LogP contribution in [0.1, 0.15) is 45.4 Å². The van der Waals surface area contributed by atoms with Crippen LogP contribution in [-0.2, 0) is 4.74 Å². The maximum Gasteiger partial charge on any atom is 0.0468 e. The van der Waals surface area contributed by atoms with Crippen LogP contribution in [0.5, 0.6) is 0 Å². The highest BCUT2D eigenvalue weighted by atomic mass is 16.5. The first kappa shape index (κ1) is 11.4. The molecule has 2 fully saturated rings. The molecule has 1 N–H and O–H groups in total. The van der Waals surface area contributed by atoms with Crippen LogP contribution in [0.2, 0.25) is 0 Å². The molecule has 0 amide bonds. The van der Waals surface area contributed by atoms with E-state index in [9.17, 15) is 0 Å². The first-order valence-corrected chi connectivity index (χ1v) is 6.69. The van der Waals surface area contributed by atoms with Gasteiger partial charge in [-0.1, -0.05) is 6.92 Å². The van der Waals surface area contributed by atoms with E-state index in [4.69, 9.17) is 4.74 Å². The monoisotopic (exact) mass is 211 g/mol. The van der Waals surface area contributed by atoms with Gasteiger partial charge >= 0.3 is 0 Å². The third-order valence-electron chi connectivity index (χ3n) is 4.04. The van der Waals surface area contributed by atoms with Crippen LogP contribution in [-0.4, -0.2) is 25.8 Å². The van der Waals surface area contributed by atoms with Gasteiger partial charge in [0.2, 0.25) is 0 Å². The molecule has 1 saturated heterocycles. The minimum absolute atomic E-state index is 0.819. The Kier molecular flexibility index (Phi) is 4.45. The zero-order valence-corrected chi connectivity index (χ0v) is 10.0. The normalized spacial score (nSPS) is 33.4. The molecular weight excluding hydrogens is 186 g/mol. The number of nitrogens with one attached hydrogen (secondary N) is 1. The van der Waals surface area contributed by atoms with E-state index < -0.39 is 0 Å². The van der Waals surface area contributed by atoms with Crippen molar-refractivity contribution in [1.82, 2.24) is 5.32 Å². The minimum Gasteiger partial charge on any atom is -0.381 e. The predicted octanol–water partition coefficient (Wildman–Crippen LogP) is 2.58. The molecule has 1 heterocycles. The molecule has 0 aromatic heterocycles. The first-order valence-electron chi connectivity index (χ1n) is 6.69. The van der Waals surface area contributed by atoms with Crippen LogP contribution < -0.4 is 5.32 Å². The molecule has 0 aromatic carbocycles. The highest BCUT2D eigenvalue weighted by Gasteiger charge is 2.26. The quantitative estimate of drug-likeness (QED) is 0.771. The van der Waals surface area contributed by atoms with Crippen molar-refractivity contribution >= 4 is 0 Å². The lowest BCUT2D eigenvalue weighted by Crippen LogP contribution is -2.26. The van der Waals surface area contributed by atoms with Gasteiger partial charge < -0.3 is 10.1 Å². The van der Waals surface area contributed by atoms with Gasteiger partial charge in [0.15, 0.2) is 0 Å². The molecule has 15 heavy (non-hydrogen) atoms. The van der Waals surface area contributed by atoms with Crippen molar-refractivity contribution in [2.24, 2.45) is 11.8 Å². The summed E-state index contributed by atoms with van der Waals surface area (Å²) in [5.41, 5.74) is 0. The van der Waals surface area contributed by atoms with Gasteiger partial charge in [0.25, 0.3) is 0 Å². The maximum atomic E-state index is 5.41. The second kappa shape index (κ2) is 5.86. The molecular formula is C13H25NO. The van der Waals surface area contributed by atoms with Gasteiger partial charge in [0, 0.05) is 19.3 Å². The second-order valence-corrected chi connectivity index (χ2v) is 5.23. The van der Waals surface area contributed by atoms with Crippen molar-refractivity contribution in [2.45, 2.75) is 51.5 Å². The van der Waals surface area contributed by atoms with Gasteiger partial charge in [-0.05, 0) is 56.9 Å². The van der Waals surface area contributed by atoms with Gasteiger partial charge in [-0.15, -0.1) is 0 Å². The number of hydrogen-bond acceptors (Lipinski definition) is 2. The largest absolute Gasteiger partial charge is 0.381 e. The first-order chi connectivity index (χ1) is 7.38. The lowest BCUT2D eigenvalue weighted by Gasteiger charge is -2.24. The molecule has 1 aliphatic carbocycles. The molecule has 0 radical (unpaired) electrons. The summed E-state index contributed by atoms with van der Waals surface area (Å²) in [5, 5.41) is 3.59. The molecule has 1 saturated carbocycles. The summed E-state index contributed by atoms with van der Waals surface area (Å²) >= 11 is 0. The fraction of sp³-hybridized carbons (Fsp3) is 1.00. The fourth-order valence-electron chi connectivity index (χ4n) is 3.22. The Morgan fingerprint density at radius 3 is 2.60 bits per heavy atom. The van der Waals surface area contributed by atoms with Crippen molar-refractivity contribution in [2.75, 3.05) is 19.8 Å². The summed E-state index contributed by atoms with van der Waals surface area (Å²) in [7, 11) is 0. The molecule has 2 rings (SSSR count). The van der Waals surface area contributed by atoms with Gasteiger partial charge in [-0.2, -0.15) is 0 Å². The average Bonchev–Trinajstić information content (AvgIpc) is 2.68. The average molecular weight is 211 g/mol. The Hall–Kier alpha value is -0.0800. The standard InChI is InChI=1S/C13H25NO/c1-2-14-13-4-3-12(10-13)9-11-5-7-15-8-6-11/h11-14H,2-10H2,1H3. The van der Waals surface area contributed by atoms with Gasteiger partial charge in [-0.3, -0.25) is 0 Å². The van der Waals surface area contributed by atoms with Crippen molar-refractivity contribution in [3.05, 3.63) is 0 Å². The summed E-state index contributed by atoms with van der Waals surface area (Å²) < 4.78 is 5.41. The molecule has 0 aromatic rings. The number of hydrogen-bond donors (Lipinski definition) is 1. The van der Waals surface area contributed by atoms with E-state index in [2.05, 4.69) is 12.2 Å². The van der Waals surface area contributed by atoms with Gasteiger partial charge in [-0.25, -0.2) is 0 Å². The van der Waals surface area contributed by atoms with Gasteiger partial charge in [0.1, 0.15) is 0 Å². The smallest absolute Gasteiger partial charge is 0.0468 e. The zero-order valence-electron chi connectivity index (χ0n) is 10.0. The topological polar surface area (TPSA) is 21.3 Å². The Bertz CT molecular complexity index is 177. The van der Waals surface area contributed by atoms with E-state index >= 15 is 0 Å². The van der Waals surface area contributed by atoms with Crippen LogP contribution in [0.3, 0.4) is 0 Å². The fourth-order valence-corrected chi connectivity index (χ4v) is 3.22.